The van der Waals surface area contributed by atoms with Gasteiger partial charge in [0.1, 0.15) is 5.82 Å². The molecule has 0 saturated heterocycles. The molecule has 2 aromatic carbocycles. The normalized spacial score (nSPS) is 10.8. The maximum absolute atomic E-state index is 13.6. The Hall–Kier alpha value is -2.62. The van der Waals surface area contributed by atoms with E-state index in [0.29, 0.717) is 12.1 Å². The molecule has 0 aliphatic heterocycles. The third kappa shape index (κ3) is 2.52. The molecule has 1 N–H and O–H groups in total. The van der Waals surface area contributed by atoms with Crippen molar-refractivity contribution in [3.63, 3.8) is 0 Å². The predicted octanol–water partition coefficient (Wildman–Crippen LogP) is 3.29. The molecule has 0 amide bonds. The molecule has 0 spiro atoms. The second-order valence-electron chi connectivity index (χ2n) is 4.92. The second-order valence-corrected chi connectivity index (χ2v) is 4.92. The molecule has 0 fully saturated rings. The van der Waals surface area contributed by atoms with Crippen LogP contribution in [0.25, 0.3) is 10.9 Å². The maximum atomic E-state index is 13.6. The number of aromatic nitrogens is 1. The molecule has 0 bridgehead atoms. The van der Waals surface area contributed by atoms with E-state index in [-0.39, 0.29) is 11.4 Å². The van der Waals surface area contributed by atoms with Crippen molar-refractivity contribution in [2.75, 3.05) is 5.32 Å². The summed E-state index contributed by atoms with van der Waals surface area (Å²) in [4.78, 5) is 12.0. The molecule has 0 radical (unpaired) electrons. The van der Waals surface area contributed by atoms with Crippen LogP contribution in [0.5, 0.6) is 0 Å². The smallest absolute Gasteiger partial charge is 0.252 e. The Morgan fingerprint density at radius 3 is 2.62 bits per heavy atom. The topological polar surface area (TPSA) is 34.0 Å². The Kier molecular flexibility index (Phi) is 3.44. The van der Waals surface area contributed by atoms with E-state index in [4.69, 9.17) is 0 Å². The van der Waals surface area contributed by atoms with Crippen molar-refractivity contribution in [3.8, 4) is 0 Å². The number of hydrogen-bond acceptors (Lipinski definition) is 2. The van der Waals surface area contributed by atoms with Crippen molar-refractivity contribution in [2.24, 2.45) is 7.05 Å². The summed E-state index contributed by atoms with van der Waals surface area (Å²) in [5.41, 5.74) is 2.05. The van der Waals surface area contributed by atoms with Crippen LogP contribution in [-0.2, 0) is 13.6 Å². The van der Waals surface area contributed by atoms with Crippen LogP contribution in [-0.4, -0.2) is 4.57 Å². The third-order valence-corrected chi connectivity index (χ3v) is 3.58. The minimum Gasteiger partial charge on any atom is -0.380 e. The minimum atomic E-state index is -0.252. The fraction of sp³-hybridized carbons (Fsp3) is 0.118. The number of nitrogens with zero attached hydrogens (tertiary/aromatic N) is 1. The molecule has 4 heteroatoms. The molecule has 21 heavy (non-hydrogen) atoms. The molecule has 1 aromatic heterocycles. The van der Waals surface area contributed by atoms with E-state index in [1.807, 2.05) is 24.3 Å². The lowest BCUT2D eigenvalue weighted by Gasteiger charge is -2.12. The summed E-state index contributed by atoms with van der Waals surface area (Å²) in [6.07, 6.45) is 0. The van der Waals surface area contributed by atoms with Crippen LogP contribution in [0.3, 0.4) is 0 Å². The summed E-state index contributed by atoms with van der Waals surface area (Å²) < 4.78 is 15.2. The van der Waals surface area contributed by atoms with Crippen LogP contribution in [0.1, 0.15) is 5.56 Å². The number of aryl methyl sites for hydroxylation is 1. The number of pyridine rings is 1. The highest BCUT2D eigenvalue weighted by Crippen LogP contribution is 2.21. The number of nitrogens with one attached hydrogen (secondary N) is 1. The van der Waals surface area contributed by atoms with Gasteiger partial charge in [-0.25, -0.2) is 4.39 Å². The van der Waals surface area contributed by atoms with Crippen molar-refractivity contribution in [2.45, 2.75) is 6.54 Å². The Labute approximate surface area is 121 Å². The largest absolute Gasteiger partial charge is 0.380 e. The van der Waals surface area contributed by atoms with Gasteiger partial charge in [-0.2, -0.15) is 0 Å². The number of rotatable bonds is 3. The number of fused-ring (bicyclic) bond motifs is 1. The Bertz CT molecular complexity index is 855. The average Bonchev–Trinajstić information content (AvgIpc) is 2.51. The molecule has 1 heterocycles. The first-order chi connectivity index (χ1) is 10.2. The molecule has 0 saturated carbocycles. The Morgan fingerprint density at radius 2 is 1.81 bits per heavy atom. The zero-order valence-corrected chi connectivity index (χ0v) is 11.6. The molecular formula is C17H15FN2O. The molecule has 0 aliphatic rings. The standard InChI is InChI=1S/C17H15FN2O/c1-20-16-9-5-3-7-13(16)15(10-17(20)21)19-11-12-6-2-4-8-14(12)18/h2-10,19H,11H2,1H3. The van der Waals surface area contributed by atoms with Crippen molar-refractivity contribution in [1.82, 2.24) is 4.57 Å². The summed E-state index contributed by atoms with van der Waals surface area (Å²) in [5, 5.41) is 4.10. The van der Waals surface area contributed by atoms with Gasteiger partial charge in [-0.3, -0.25) is 4.79 Å². The maximum Gasteiger partial charge on any atom is 0.252 e. The van der Waals surface area contributed by atoms with E-state index >= 15 is 0 Å². The first-order valence-corrected chi connectivity index (χ1v) is 6.73. The van der Waals surface area contributed by atoms with Gasteiger partial charge in [0.05, 0.1) is 5.52 Å². The lowest BCUT2D eigenvalue weighted by atomic mass is 10.1. The van der Waals surface area contributed by atoms with E-state index < -0.39 is 0 Å². The van der Waals surface area contributed by atoms with E-state index in [9.17, 15) is 9.18 Å². The molecule has 3 rings (SSSR count). The lowest BCUT2D eigenvalue weighted by molar-refractivity contribution is 0.613. The van der Waals surface area contributed by atoms with Crippen molar-refractivity contribution >= 4 is 16.6 Å². The van der Waals surface area contributed by atoms with E-state index in [1.165, 1.54) is 6.07 Å². The van der Waals surface area contributed by atoms with Crippen LogP contribution in [0.2, 0.25) is 0 Å². The van der Waals surface area contributed by atoms with Gasteiger partial charge in [0.25, 0.3) is 5.56 Å². The van der Waals surface area contributed by atoms with Crippen molar-refractivity contribution in [3.05, 3.63) is 76.3 Å². The first-order valence-electron chi connectivity index (χ1n) is 6.73. The highest BCUT2D eigenvalue weighted by molar-refractivity contribution is 5.91. The average molecular weight is 282 g/mol. The molecule has 0 unspecified atom stereocenters. The van der Waals surface area contributed by atoms with Gasteiger partial charge in [0.2, 0.25) is 0 Å². The predicted molar refractivity (Wildman–Crippen MR) is 82.9 cm³/mol. The van der Waals surface area contributed by atoms with Gasteiger partial charge in [0, 0.05) is 36.3 Å². The van der Waals surface area contributed by atoms with Crippen LogP contribution in [0, 0.1) is 5.82 Å². The fourth-order valence-electron chi connectivity index (χ4n) is 2.39. The zero-order chi connectivity index (χ0) is 14.8. The number of benzene rings is 2. The third-order valence-electron chi connectivity index (χ3n) is 3.58. The summed E-state index contributed by atoms with van der Waals surface area (Å²) in [7, 11) is 1.74. The number of halogens is 1. The molecule has 3 nitrogen and oxygen atoms in total. The number of hydrogen-bond donors (Lipinski definition) is 1. The van der Waals surface area contributed by atoms with Gasteiger partial charge < -0.3 is 9.88 Å². The van der Waals surface area contributed by atoms with Crippen molar-refractivity contribution < 1.29 is 4.39 Å². The lowest BCUT2D eigenvalue weighted by Crippen LogP contribution is -2.17. The minimum absolute atomic E-state index is 0.0928. The molecule has 0 aliphatic carbocycles. The SMILES string of the molecule is Cn1c(=O)cc(NCc2ccccc2F)c2ccccc21. The monoisotopic (exact) mass is 282 g/mol. The molecule has 106 valence electrons. The molecular weight excluding hydrogens is 267 g/mol. The van der Waals surface area contributed by atoms with Gasteiger partial charge >= 0.3 is 0 Å². The van der Waals surface area contributed by atoms with E-state index in [1.54, 1.807) is 35.9 Å². The van der Waals surface area contributed by atoms with E-state index in [0.717, 1.165) is 16.6 Å². The Balaban J connectivity index is 2.00. The second kappa shape index (κ2) is 5.40. The van der Waals surface area contributed by atoms with Crippen LogP contribution in [0.15, 0.2) is 59.4 Å². The zero-order valence-electron chi connectivity index (χ0n) is 11.6. The molecule has 0 atom stereocenters. The summed E-state index contributed by atoms with van der Waals surface area (Å²) in [6.45, 7) is 0.337. The first kappa shape index (κ1) is 13.4. The summed E-state index contributed by atoms with van der Waals surface area (Å²) >= 11 is 0. The van der Waals surface area contributed by atoms with Gasteiger partial charge in [-0.1, -0.05) is 36.4 Å². The van der Waals surface area contributed by atoms with Gasteiger partial charge in [-0.15, -0.1) is 0 Å². The van der Waals surface area contributed by atoms with Crippen molar-refractivity contribution in [1.29, 1.82) is 0 Å². The van der Waals surface area contributed by atoms with Gasteiger partial charge in [0.15, 0.2) is 0 Å². The quantitative estimate of drug-likeness (QED) is 0.800. The van der Waals surface area contributed by atoms with Gasteiger partial charge in [-0.05, 0) is 12.1 Å². The fourth-order valence-corrected chi connectivity index (χ4v) is 2.39. The van der Waals surface area contributed by atoms with Crippen LogP contribution in [0.4, 0.5) is 10.1 Å². The van der Waals surface area contributed by atoms with Crippen LogP contribution < -0.4 is 10.9 Å². The number of para-hydroxylation sites is 1. The molecule has 3 aromatic rings. The highest BCUT2D eigenvalue weighted by Gasteiger charge is 2.07. The summed E-state index contributed by atoms with van der Waals surface area (Å²) in [6, 6.07) is 15.8. The van der Waals surface area contributed by atoms with Crippen LogP contribution >= 0.6 is 0 Å². The van der Waals surface area contributed by atoms with E-state index in [2.05, 4.69) is 5.32 Å². The highest BCUT2D eigenvalue weighted by atomic mass is 19.1. The summed E-state index contributed by atoms with van der Waals surface area (Å²) in [5.74, 6) is -0.252. The number of anilines is 1. The Morgan fingerprint density at radius 1 is 1.10 bits per heavy atom.